The standard InChI is InChI=1S/C25H32N4O3/c26-24(27-31)20-11-9-10-19(18-20)23-25(30)29(21-12-3-4-13-22(21)32-23)17-8-2-7-16-28-14-5-1-6-15-28/h3-4,9-13,18,23,31H,1-2,5-8,14-17H2,(H2,26,27). The highest BCUT2D eigenvalue weighted by Gasteiger charge is 2.35. The number of likely N-dealkylation sites (tertiary alicyclic amines) is 1. The van der Waals surface area contributed by atoms with Gasteiger partial charge in [0, 0.05) is 17.7 Å². The second-order valence-electron chi connectivity index (χ2n) is 8.53. The van der Waals surface area contributed by atoms with Crippen LogP contribution in [0.2, 0.25) is 0 Å². The number of benzene rings is 2. The second kappa shape index (κ2) is 10.5. The molecule has 2 aliphatic rings. The van der Waals surface area contributed by atoms with E-state index in [1.807, 2.05) is 35.2 Å². The molecule has 2 aromatic rings. The monoisotopic (exact) mass is 436 g/mol. The largest absolute Gasteiger partial charge is 0.474 e. The van der Waals surface area contributed by atoms with E-state index in [2.05, 4.69) is 10.1 Å². The van der Waals surface area contributed by atoms with Gasteiger partial charge in [0.25, 0.3) is 5.91 Å². The molecular formula is C25H32N4O3. The van der Waals surface area contributed by atoms with E-state index in [0.717, 1.165) is 31.5 Å². The Hall–Kier alpha value is -3.06. The van der Waals surface area contributed by atoms with Crippen LogP contribution in [0.1, 0.15) is 55.8 Å². The SMILES string of the molecule is N/C(=N\O)c1cccc(C2Oc3ccccc3N(CCCCCN3CCCCC3)C2=O)c1. The van der Waals surface area contributed by atoms with Gasteiger partial charge < -0.3 is 25.5 Å². The van der Waals surface area contributed by atoms with Gasteiger partial charge in [-0.3, -0.25) is 4.79 Å². The van der Waals surface area contributed by atoms with Crippen LogP contribution in [0.4, 0.5) is 5.69 Å². The molecule has 2 heterocycles. The van der Waals surface area contributed by atoms with Crippen molar-refractivity contribution in [2.75, 3.05) is 31.1 Å². The van der Waals surface area contributed by atoms with E-state index in [0.29, 0.717) is 23.4 Å². The predicted molar refractivity (Wildman–Crippen MR) is 125 cm³/mol. The molecule has 0 aromatic heterocycles. The third-order valence-electron chi connectivity index (χ3n) is 6.29. The molecule has 1 fully saturated rings. The molecule has 170 valence electrons. The number of nitrogens with zero attached hydrogens (tertiary/aromatic N) is 3. The molecule has 1 amide bonds. The number of fused-ring (bicyclic) bond motifs is 1. The average Bonchev–Trinajstić information content (AvgIpc) is 2.85. The number of carbonyl (C=O) groups is 1. The van der Waals surface area contributed by atoms with E-state index in [1.54, 1.807) is 18.2 Å². The van der Waals surface area contributed by atoms with Crippen LogP contribution in [-0.2, 0) is 4.79 Å². The number of carbonyl (C=O) groups excluding carboxylic acids is 1. The number of amidine groups is 1. The maximum absolute atomic E-state index is 13.4. The molecule has 0 aliphatic carbocycles. The first-order chi connectivity index (χ1) is 15.7. The van der Waals surface area contributed by atoms with E-state index >= 15 is 0 Å². The molecule has 0 radical (unpaired) electrons. The lowest BCUT2D eigenvalue weighted by atomic mass is 10.0. The topological polar surface area (TPSA) is 91.4 Å². The van der Waals surface area contributed by atoms with Crippen LogP contribution in [0, 0.1) is 0 Å². The van der Waals surface area contributed by atoms with Crippen LogP contribution >= 0.6 is 0 Å². The lowest BCUT2D eigenvalue weighted by molar-refractivity contribution is -0.126. The molecule has 7 nitrogen and oxygen atoms in total. The number of hydrogen-bond donors (Lipinski definition) is 2. The van der Waals surface area contributed by atoms with Gasteiger partial charge in [0.05, 0.1) is 5.69 Å². The lowest BCUT2D eigenvalue weighted by Gasteiger charge is -2.34. The summed E-state index contributed by atoms with van der Waals surface area (Å²) in [6.07, 6.45) is 6.43. The summed E-state index contributed by atoms with van der Waals surface area (Å²) in [4.78, 5) is 17.8. The summed E-state index contributed by atoms with van der Waals surface area (Å²) < 4.78 is 6.09. The van der Waals surface area contributed by atoms with E-state index in [-0.39, 0.29) is 11.7 Å². The minimum Gasteiger partial charge on any atom is -0.474 e. The highest BCUT2D eigenvalue weighted by atomic mass is 16.5. The van der Waals surface area contributed by atoms with Crippen molar-refractivity contribution in [3.05, 3.63) is 59.7 Å². The van der Waals surface area contributed by atoms with Crippen LogP contribution in [0.3, 0.4) is 0 Å². The molecule has 0 saturated carbocycles. The van der Waals surface area contributed by atoms with Crippen molar-refractivity contribution < 1.29 is 14.7 Å². The van der Waals surface area contributed by atoms with Gasteiger partial charge in [-0.2, -0.15) is 0 Å². The second-order valence-corrected chi connectivity index (χ2v) is 8.53. The molecule has 7 heteroatoms. The van der Waals surface area contributed by atoms with E-state index in [1.165, 1.54) is 32.4 Å². The molecule has 2 aromatic carbocycles. The van der Waals surface area contributed by atoms with Crippen LogP contribution in [0.5, 0.6) is 5.75 Å². The normalized spacial score (nSPS) is 19.5. The van der Waals surface area contributed by atoms with Crippen LogP contribution in [0.25, 0.3) is 0 Å². The number of para-hydroxylation sites is 2. The Morgan fingerprint density at radius 2 is 1.81 bits per heavy atom. The minimum atomic E-state index is -0.760. The first-order valence-corrected chi connectivity index (χ1v) is 11.5. The third-order valence-corrected chi connectivity index (χ3v) is 6.29. The van der Waals surface area contributed by atoms with Crippen LogP contribution < -0.4 is 15.4 Å². The van der Waals surface area contributed by atoms with Crippen LogP contribution in [-0.4, -0.2) is 48.0 Å². The number of anilines is 1. The Kier molecular flexibility index (Phi) is 7.27. The molecule has 1 unspecified atom stereocenters. The van der Waals surface area contributed by atoms with Crippen molar-refractivity contribution in [2.24, 2.45) is 10.9 Å². The molecule has 2 aliphatic heterocycles. The molecule has 4 rings (SSSR count). The predicted octanol–water partition coefficient (Wildman–Crippen LogP) is 3.90. The molecule has 1 atom stereocenters. The van der Waals surface area contributed by atoms with Crippen molar-refractivity contribution in [3.8, 4) is 5.75 Å². The van der Waals surface area contributed by atoms with Crippen molar-refractivity contribution in [3.63, 3.8) is 0 Å². The van der Waals surface area contributed by atoms with Gasteiger partial charge in [0.2, 0.25) is 6.10 Å². The smallest absolute Gasteiger partial charge is 0.272 e. The Labute approximate surface area is 189 Å². The van der Waals surface area contributed by atoms with Gasteiger partial charge in [0.1, 0.15) is 5.75 Å². The average molecular weight is 437 g/mol. The number of hydrogen-bond acceptors (Lipinski definition) is 5. The zero-order valence-corrected chi connectivity index (χ0v) is 18.4. The third kappa shape index (κ3) is 5.05. The van der Waals surface area contributed by atoms with Gasteiger partial charge in [-0.25, -0.2) is 0 Å². The number of ether oxygens (including phenoxy) is 1. The summed E-state index contributed by atoms with van der Waals surface area (Å²) in [6, 6.07) is 14.8. The summed E-state index contributed by atoms with van der Waals surface area (Å²) in [7, 11) is 0. The fraction of sp³-hybridized carbons (Fsp3) is 0.440. The first-order valence-electron chi connectivity index (χ1n) is 11.5. The summed E-state index contributed by atoms with van der Waals surface area (Å²) in [6.45, 7) is 4.26. The number of unbranched alkanes of at least 4 members (excludes halogenated alkanes) is 2. The molecule has 3 N–H and O–H groups in total. The highest BCUT2D eigenvalue weighted by molar-refractivity contribution is 6.01. The molecule has 0 bridgehead atoms. The minimum absolute atomic E-state index is 0.000991. The summed E-state index contributed by atoms with van der Waals surface area (Å²) in [5, 5.41) is 12.1. The van der Waals surface area contributed by atoms with Crippen molar-refractivity contribution >= 4 is 17.4 Å². The van der Waals surface area contributed by atoms with Crippen LogP contribution in [0.15, 0.2) is 53.7 Å². The van der Waals surface area contributed by atoms with Crippen molar-refractivity contribution in [2.45, 2.75) is 44.6 Å². The number of oxime groups is 1. The maximum atomic E-state index is 13.4. The number of nitrogens with two attached hydrogens (primary N) is 1. The number of piperidine rings is 1. The van der Waals surface area contributed by atoms with Gasteiger partial charge in [-0.05, 0) is 63.5 Å². The summed E-state index contributed by atoms with van der Waals surface area (Å²) in [5.41, 5.74) is 7.79. The molecule has 32 heavy (non-hydrogen) atoms. The summed E-state index contributed by atoms with van der Waals surface area (Å²) >= 11 is 0. The maximum Gasteiger partial charge on any atom is 0.272 e. The Morgan fingerprint density at radius 1 is 1.03 bits per heavy atom. The Balaban J connectivity index is 1.44. The first kappa shape index (κ1) is 22.1. The van der Waals surface area contributed by atoms with E-state index in [4.69, 9.17) is 15.7 Å². The lowest BCUT2D eigenvalue weighted by Crippen LogP contribution is -2.41. The molecule has 0 spiro atoms. The fourth-order valence-electron chi connectivity index (χ4n) is 4.54. The quantitative estimate of drug-likeness (QED) is 0.215. The van der Waals surface area contributed by atoms with Gasteiger partial charge in [0.15, 0.2) is 5.84 Å². The molecule has 1 saturated heterocycles. The van der Waals surface area contributed by atoms with Crippen molar-refractivity contribution in [1.29, 1.82) is 0 Å². The number of amides is 1. The number of rotatable bonds is 8. The van der Waals surface area contributed by atoms with E-state index < -0.39 is 6.10 Å². The highest BCUT2D eigenvalue weighted by Crippen LogP contribution is 2.39. The van der Waals surface area contributed by atoms with Crippen molar-refractivity contribution in [1.82, 2.24) is 4.90 Å². The van der Waals surface area contributed by atoms with Gasteiger partial charge in [-0.15, -0.1) is 0 Å². The fourth-order valence-corrected chi connectivity index (χ4v) is 4.54. The zero-order chi connectivity index (χ0) is 22.3. The van der Waals surface area contributed by atoms with Gasteiger partial charge in [-0.1, -0.05) is 48.3 Å². The Morgan fingerprint density at radius 3 is 2.62 bits per heavy atom. The summed E-state index contributed by atoms with van der Waals surface area (Å²) in [5.74, 6) is 0.608. The van der Waals surface area contributed by atoms with E-state index in [9.17, 15) is 4.79 Å². The Bertz CT molecular complexity index is 956. The zero-order valence-electron chi connectivity index (χ0n) is 18.4. The molecular weight excluding hydrogens is 404 g/mol. The van der Waals surface area contributed by atoms with Gasteiger partial charge >= 0.3 is 0 Å².